The van der Waals surface area contributed by atoms with E-state index in [2.05, 4.69) is 25.5 Å². The molecule has 0 saturated heterocycles. The number of hydrogen-bond donors (Lipinski definition) is 2. The Hall–Kier alpha value is -3.75. The van der Waals surface area contributed by atoms with Crippen molar-refractivity contribution in [3.63, 3.8) is 0 Å². The van der Waals surface area contributed by atoms with Crippen LogP contribution in [-0.2, 0) is 16.6 Å². The summed E-state index contributed by atoms with van der Waals surface area (Å²) < 4.78 is 53.1. The molecular formula is C23H27N7O2. The monoisotopic (exact) mass is 439 g/mol. The van der Waals surface area contributed by atoms with E-state index < -0.39 is 25.0 Å². The second-order valence-electron chi connectivity index (χ2n) is 7.97. The molecule has 32 heavy (non-hydrogen) atoms. The molecule has 166 valence electrons. The third kappa shape index (κ3) is 4.18. The van der Waals surface area contributed by atoms with E-state index in [9.17, 15) is 4.79 Å². The summed E-state index contributed by atoms with van der Waals surface area (Å²) in [5.41, 5.74) is 6.26. The van der Waals surface area contributed by atoms with Crippen molar-refractivity contribution in [3.8, 4) is 11.3 Å². The lowest BCUT2D eigenvalue weighted by Crippen LogP contribution is -2.14. The van der Waals surface area contributed by atoms with Crippen LogP contribution in [0.5, 0.6) is 0 Å². The topological polar surface area (TPSA) is 125 Å². The van der Waals surface area contributed by atoms with Crippen molar-refractivity contribution in [2.24, 2.45) is 0 Å². The van der Waals surface area contributed by atoms with Crippen molar-refractivity contribution < 1.29 is 17.5 Å². The van der Waals surface area contributed by atoms with E-state index in [4.69, 9.17) is 18.5 Å². The van der Waals surface area contributed by atoms with Crippen LogP contribution in [0.15, 0.2) is 41.2 Å². The third-order valence-electron chi connectivity index (χ3n) is 4.88. The van der Waals surface area contributed by atoms with Crippen LogP contribution >= 0.6 is 0 Å². The number of nitrogens with two attached hydrogens (primary N) is 1. The van der Waals surface area contributed by atoms with E-state index in [-0.39, 0.29) is 24.0 Å². The number of carbonyl (C=O) groups excluding carboxylic acids is 1. The minimum Gasteiger partial charge on any atom is -0.383 e. The number of nitrogens with one attached hydrogen (secondary N) is 1. The molecule has 4 rings (SSSR count). The molecule has 9 heteroatoms. The first-order valence-electron chi connectivity index (χ1n) is 13.0. The van der Waals surface area contributed by atoms with Crippen molar-refractivity contribution in [1.29, 1.82) is 0 Å². The Bertz CT molecular complexity index is 1460. The van der Waals surface area contributed by atoms with E-state index >= 15 is 0 Å². The van der Waals surface area contributed by atoms with Crippen LogP contribution in [0.3, 0.4) is 0 Å². The van der Waals surface area contributed by atoms with E-state index in [1.54, 1.807) is 16.8 Å². The fourth-order valence-electron chi connectivity index (χ4n) is 3.27. The Kier molecular flexibility index (Phi) is 3.81. The molecule has 1 amide bonds. The number of fused-ring (bicyclic) bond motifs is 1. The number of anilines is 2. The summed E-state index contributed by atoms with van der Waals surface area (Å²) in [7, 11) is 0. The van der Waals surface area contributed by atoms with Gasteiger partial charge in [0.05, 0.1) is 17.5 Å². The van der Waals surface area contributed by atoms with Gasteiger partial charge in [0.25, 0.3) is 0 Å². The van der Waals surface area contributed by atoms with Gasteiger partial charge in [-0.2, -0.15) is 5.10 Å². The zero-order valence-corrected chi connectivity index (χ0v) is 17.9. The molecule has 0 radical (unpaired) electrons. The number of nitrogen functional groups attached to an aromatic ring is 1. The fourth-order valence-corrected chi connectivity index (χ4v) is 3.27. The van der Waals surface area contributed by atoms with Crippen LogP contribution < -0.4 is 11.1 Å². The zero-order chi connectivity index (χ0) is 28.0. The molecule has 1 aromatic carbocycles. The summed E-state index contributed by atoms with van der Waals surface area (Å²) >= 11 is 0. The van der Waals surface area contributed by atoms with Gasteiger partial charge in [-0.3, -0.25) is 10.1 Å². The van der Waals surface area contributed by atoms with Crippen LogP contribution in [0, 0.1) is 0 Å². The number of aromatic nitrogens is 5. The largest absolute Gasteiger partial charge is 0.383 e. The smallest absolute Gasteiger partial charge is 0.231 e. The predicted octanol–water partition coefficient (Wildman–Crippen LogP) is 4.12. The summed E-state index contributed by atoms with van der Waals surface area (Å²) in [5.74, 6) is -0.292. The molecule has 0 aliphatic rings. The molecule has 0 spiro atoms. The van der Waals surface area contributed by atoms with Gasteiger partial charge in [0.2, 0.25) is 11.8 Å². The highest BCUT2D eigenvalue weighted by atomic mass is 16.5. The lowest BCUT2D eigenvalue weighted by molar-refractivity contribution is -0.115. The average molecular weight is 440 g/mol. The molecule has 0 fully saturated rings. The molecule has 0 aliphatic carbocycles. The van der Waals surface area contributed by atoms with Crippen LogP contribution in [0.1, 0.15) is 60.0 Å². The SMILES string of the molecule is [2H]C([2H])([2H])C(C)(c1cc(NC(=O)Cc2ccc(-c3nn(C(C)C)c4ncnc(N)c34)cc2)on1)C([2H])([2H])[2H]. The molecule has 0 saturated carbocycles. The fraction of sp³-hybridized carbons (Fsp3) is 0.348. The van der Waals surface area contributed by atoms with Gasteiger partial charge in [0.1, 0.15) is 17.8 Å². The highest BCUT2D eigenvalue weighted by molar-refractivity contribution is 5.98. The highest BCUT2D eigenvalue weighted by Gasteiger charge is 2.20. The second kappa shape index (κ2) is 8.07. The lowest BCUT2D eigenvalue weighted by Gasteiger charge is -2.12. The summed E-state index contributed by atoms with van der Waals surface area (Å²) in [4.78, 5) is 21.0. The molecule has 3 N–H and O–H groups in total. The maximum atomic E-state index is 12.6. The molecule has 0 aliphatic heterocycles. The Labute approximate surface area is 194 Å². The van der Waals surface area contributed by atoms with Gasteiger partial charge in [-0.15, -0.1) is 0 Å². The van der Waals surface area contributed by atoms with Gasteiger partial charge in [-0.05, 0) is 19.4 Å². The van der Waals surface area contributed by atoms with Crippen molar-refractivity contribution >= 4 is 28.6 Å². The van der Waals surface area contributed by atoms with Crippen molar-refractivity contribution in [2.75, 3.05) is 11.1 Å². The summed E-state index contributed by atoms with van der Waals surface area (Å²) in [6.07, 6.45) is 1.37. The number of nitrogens with zero attached hydrogens (tertiary/aromatic N) is 5. The van der Waals surface area contributed by atoms with Crippen LogP contribution in [-0.4, -0.2) is 30.8 Å². The molecule has 0 unspecified atom stereocenters. The van der Waals surface area contributed by atoms with Gasteiger partial charge < -0.3 is 10.3 Å². The Balaban J connectivity index is 1.52. The van der Waals surface area contributed by atoms with E-state index in [1.165, 1.54) is 6.33 Å². The van der Waals surface area contributed by atoms with Crippen molar-refractivity contribution in [3.05, 3.63) is 47.9 Å². The maximum Gasteiger partial charge on any atom is 0.231 e. The quantitative estimate of drug-likeness (QED) is 0.479. The normalized spacial score (nSPS) is 15.5. The zero-order valence-electron chi connectivity index (χ0n) is 23.9. The van der Waals surface area contributed by atoms with E-state index in [0.29, 0.717) is 28.1 Å². The Morgan fingerprint density at radius 2 is 2.03 bits per heavy atom. The highest BCUT2D eigenvalue weighted by Crippen LogP contribution is 2.31. The van der Waals surface area contributed by atoms with Gasteiger partial charge in [0, 0.05) is 31.3 Å². The molecule has 4 aromatic rings. The number of benzene rings is 1. The van der Waals surface area contributed by atoms with Crippen LogP contribution in [0.4, 0.5) is 11.7 Å². The minimum atomic E-state index is -2.88. The molecule has 0 bridgehead atoms. The summed E-state index contributed by atoms with van der Waals surface area (Å²) in [5, 5.41) is 11.5. The third-order valence-corrected chi connectivity index (χ3v) is 4.88. The Morgan fingerprint density at radius 1 is 1.28 bits per heavy atom. The second-order valence-corrected chi connectivity index (χ2v) is 7.97. The summed E-state index contributed by atoms with van der Waals surface area (Å²) in [6.45, 7) is -0.720. The maximum absolute atomic E-state index is 12.6. The van der Waals surface area contributed by atoms with Crippen LogP contribution in [0.25, 0.3) is 22.3 Å². The number of carbonyl (C=O) groups is 1. The first-order chi connectivity index (χ1) is 17.6. The number of hydrogen-bond acceptors (Lipinski definition) is 7. The van der Waals surface area contributed by atoms with Gasteiger partial charge in [-0.25, -0.2) is 14.6 Å². The van der Waals surface area contributed by atoms with Gasteiger partial charge in [-0.1, -0.05) is 50.0 Å². The molecule has 9 nitrogen and oxygen atoms in total. The molecule has 0 atom stereocenters. The first kappa shape index (κ1) is 15.1. The van der Waals surface area contributed by atoms with E-state index in [0.717, 1.165) is 18.6 Å². The minimum absolute atomic E-state index is 0.0292. The molecular weight excluding hydrogens is 406 g/mol. The van der Waals surface area contributed by atoms with Gasteiger partial charge >= 0.3 is 0 Å². The number of rotatable bonds is 5. The Morgan fingerprint density at radius 3 is 2.72 bits per heavy atom. The van der Waals surface area contributed by atoms with Crippen molar-refractivity contribution in [2.45, 2.75) is 52.4 Å². The average Bonchev–Trinajstić information content (AvgIpc) is 3.43. The standard InChI is InChI=1S/C23H27N7O2/c1-13(2)30-22-19(21(24)25-12-26-22)20(28-30)15-8-6-14(7-9-15)10-17(31)27-18-11-16(29-32-18)23(3,4)5/h6-9,11-13H,10H2,1-5H3,(H,27,31)(H2,24,25,26)/i3D3,4D3. The van der Waals surface area contributed by atoms with Crippen molar-refractivity contribution in [1.82, 2.24) is 24.9 Å². The molecule has 3 heterocycles. The summed E-state index contributed by atoms with van der Waals surface area (Å²) in [6, 6.07) is 8.33. The molecule has 3 aromatic heterocycles. The van der Waals surface area contributed by atoms with Gasteiger partial charge in [0.15, 0.2) is 5.65 Å². The van der Waals surface area contributed by atoms with E-state index in [1.807, 2.05) is 26.0 Å². The van der Waals surface area contributed by atoms with Crippen LogP contribution in [0.2, 0.25) is 0 Å². The number of amides is 1. The first-order valence-corrected chi connectivity index (χ1v) is 9.98. The lowest BCUT2D eigenvalue weighted by atomic mass is 9.92. The predicted molar refractivity (Wildman–Crippen MR) is 123 cm³/mol.